The Morgan fingerprint density at radius 3 is 1.00 bits per heavy atom. The molecule has 182 valence electrons. The van der Waals surface area contributed by atoms with Gasteiger partial charge in [-0.1, -0.05) is 121 Å². The second kappa shape index (κ2) is 9.15. The number of hydrogen-bond acceptors (Lipinski definition) is 0. The molecule has 38 heavy (non-hydrogen) atoms. The van der Waals surface area contributed by atoms with E-state index in [1.165, 1.54) is 76.5 Å². The quantitative estimate of drug-likeness (QED) is 0.217. The van der Waals surface area contributed by atoms with Crippen LogP contribution in [-0.2, 0) is 12.8 Å². The van der Waals surface area contributed by atoms with Gasteiger partial charge >= 0.3 is 0 Å². The monoisotopic (exact) mass is 486 g/mol. The summed E-state index contributed by atoms with van der Waals surface area (Å²) in [5.74, 6) is 0. The third kappa shape index (κ3) is 3.68. The van der Waals surface area contributed by atoms with Crippen molar-refractivity contribution in [2.45, 2.75) is 26.7 Å². The van der Waals surface area contributed by atoms with Crippen LogP contribution in [0.3, 0.4) is 0 Å². The van der Waals surface area contributed by atoms with Gasteiger partial charge in [0.25, 0.3) is 0 Å². The molecule has 0 aliphatic carbocycles. The predicted molar refractivity (Wildman–Crippen MR) is 164 cm³/mol. The Hall–Kier alpha value is -4.42. The minimum Gasteiger partial charge on any atom is -0.0616 e. The van der Waals surface area contributed by atoms with Gasteiger partial charge < -0.3 is 0 Å². The molecule has 0 aliphatic rings. The third-order valence-corrected chi connectivity index (χ3v) is 8.41. The lowest BCUT2D eigenvalue weighted by molar-refractivity contribution is 1.19. The van der Waals surface area contributed by atoms with Gasteiger partial charge in [-0.2, -0.15) is 0 Å². The molecule has 7 rings (SSSR count). The zero-order valence-electron chi connectivity index (χ0n) is 22.0. The summed E-state index contributed by atoms with van der Waals surface area (Å²) in [4.78, 5) is 0. The fourth-order valence-corrected chi connectivity index (χ4v) is 6.40. The van der Waals surface area contributed by atoms with Gasteiger partial charge in [0.15, 0.2) is 0 Å². The number of benzene rings is 7. The molecule has 0 heteroatoms. The number of hydrogen-bond donors (Lipinski definition) is 0. The van der Waals surface area contributed by atoms with Crippen LogP contribution in [0.15, 0.2) is 121 Å². The summed E-state index contributed by atoms with van der Waals surface area (Å²) >= 11 is 0. The Bertz CT molecular complexity index is 1790. The molecule has 0 amide bonds. The average molecular weight is 487 g/mol. The summed E-state index contributed by atoms with van der Waals surface area (Å²) < 4.78 is 0. The largest absolute Gasteiger partial charge is 0.0616 e. The first-order chi connectivity index (χ1) is 18.7. The van der Waals surface area contributed by atoms with Gasteiger partial charge in [0, 0.05) is 0 Å². The van der Waals surface area contributed by atoms with Crippen LogP contribution in [0.5, 0.6) is 0 Å². The van der Waals surface area contributed by atoms with Crippen molar-refractivity contribution in [2.75, 3.05) is 0 Å². The molecule has 0 spiro atoms. The molecule has 0 fully saturated rings. The second-order valence-corrected chi connectivity index (χ2v) is 10.6. The zero-order valence-corrected chi connectivity index (χ0v) is 22.0. The van der Waals surface area contributed by atoms with Crippen molar-refractivity contribution in [3.8, 4) is 0 Å². The predicted octanol–water partition coefficient (Wildman–Crippen LogP) is 10.1. The van der Waals surface area contributed by atoms with Gasteiger partial charge in [0.1, 0.15) is 0 Å². The van der Waals surface area contributed by atoms with Crippen LogP contribution in [0, 0.1) is 13.8 Å². The molecule has 0 radical (unpaired) electrons. The van der Waals surface area contributed by atoms with Crippen molar-refractivity contribution in [1.82, 2.24) is 0 Å². The molecule has 0 unspecified atom stereocenters. The SMILES string of the molecule is Cc1ccc2ccccc2c1Cc1c2ccccc2c(Cc2c(C)ccc3ccccc23)c2ccccc12. The van der Waals surface area contributed by atoms with Crippen LogP contribution in [0.4, 0.5) is 0 Å². The van der Waals surface area contributed by atoms with Crippen LogP contribution in [-0.4, -0.2) is 0 Å². The first-order valence-corrected chi connectivity index (χ1v) is 13.5. The van der Waals surface area contributed by atoms with E-state index in [0.29, 0.717) is 0 Å². The van der Waals surface area contributed by atoms with Gasteiger partial charge in [-0.3, -0.25) is 0 Å². The molecule has 0 saturated heterocycles. The van der Waals surface area contributed by atoms with Crippen molar-refractivity contribution >= 4 is 43.1 Å². The van der Waals surface area contributed by atoms with Crippen molar-refractivity contribution in [3.63, 3.8) is 0 Å². The van der Waals surface area contributed by atoms with Gasteiger partial charge in [-0.15, -0.1) is 0 Å². The molecule has 7 aromatic rings. The molecular weight excluding hydrogens is 456 g/mol. The number of fused-ring (bicyclic) bond motifs is 4. The fraction of sp³-hybridized carbons (Fsp3) is 0.105. The van der Waals surface area contributed by atoms with Crippen molar-refractivity contribution in [2.24, 2.45) is 0 Å². The maximum absolute atomic E-state index is 2.33. The average Bonchev–Trinajstić information content (AvgIpc) is 2.97. The Labute approximate surface area is 224 Å². The standard InChI is InChI=1S/C38H30/c1-25-19-21-27-11-3-5-13-29(27)35(25)23-37-31-15-7-9-17-33(31)38(34-18-10-8-16-32(34)37)24-36-26(2)20-22-28-12-4-6-14-30(28)36/h3-22H,23-24H2,1-2H3. The van der Waals surface area contributed by atoms with E-state index < -0.39 is 0 Å². The van der Waals surface area contributed by atoms with Gasteiger partial charge in [-0.05, 0) is 103 Å². The Morgan fingerprint density at radius 1 is 0.316 bits per heavy atom. The normalized spacial score (nSPS) is 11.6. The minimum atomic E-state index is 0.918. The molecule has 0 saturated carbocycles. The lowest BCUT2D eigenvalue weighted by atomic mass is 9.84. The van der Waals surface area contributed by atoms with Crippen LogP contribution >= 0.6 is 0 Å². The van der Waals surface area contributed by atoms with Gasteiger partial charge in [0.2, 0.25) is 0 Å². The maximum atomic E-state index is 2.33. The molecule has 0 aromatic heterocycles. The van der Waals surface area contributed by atoms with E-state index in [1.807, 2.05) is 0 Å². The Morgan fingerprint density at radius 2 is 0.632 bits per heavy atom. The molecule has 0 N–H and O–H groups in total. The molecular formula is C38H30. The highest BCUT2D eigenvalue weighted by molar-refractivity contribution is 6.07. The first kappa shape index (κ1) is 22.8. The highest BCUT2D eigenvalue weighted by Crippen LogP contribution is 2.38. The molecule has 0 nitrogen and oxygen atoms in total. The van der Waals surface area contributed by atoms with Crippen LogP contribution < -0.4 is 0 Å². The number of rotatable bonds is 4. The highest BCUT2D eigenvalue weighted by atomic mass is 14.2. The lowest BCUT2D eigenvalue weighted by Gasteiger charge is -2.20. The van der Waals surface area contributed by atoms with E-state index in [1.54, 1.807) is 0 Å². The van der Waals surface area contributed by atoms with Crippen LogP contribution in [0.2, 0.25) is 0 Å². The molecule has 7 aromatic carbocycles. The van der Waals surface area contributed by atoms with E-state index in [9.17, 15) is 0 Å². The van der Waals surface area contributed by atoms with Crippen molar-refractivity contribution in [1.29, 1.82) is 0 Å². The van der Waals surface area contributed by atoms with Gasteiger partial charge in [0.05, 0.1) is 0 Å². The van der Waals surface area contributed by atoms with Crippen LogP contribution in [0.1, 0.15) is 33.4 Å². The molecule has 0 atom stereocenters. The minimum absolute atomic E-state index is 0.918. The van der Waals surface area contributed by atoms with Crippen molar-refractivity contribution in [3.05, 3.63) is 155 Å². The van der Waals surface area contributed by atoms with E-state index >= 15 is 0 Å². The smallest absolute Gasteiger partial charge is 0.000466 e. The summed E-state index contributed by atoms with van der Waals surface area (Å²) in [7, 11) is 0. The number of aryl methyl sites for hydroxylation is 2. The lowest BCUT2D eigenvalue weighted by Crippen LogP contribution is -2.01. The highest BCUT2D eigenvalue weighted by Gasteiger charge is 2.17. The van der Waals surface area contributed by atoms with Gasteiger partial charge in [-0.25, -0.2) is 0 Å². The Balaban J connectivity index is 1.50. The molecule has 0 bridgehead atoms. The Kier molecular flexibility index (Phi) is 5.48. The second-order valence-electron chi connectivity index (χ2n) is 10.6. The van der Waals surface area contributed by atoms with Crippen LogP contribution in [0.25, 0.3) is 43.1 Å². The third-order valence-electron chi connectivity index (χ3n) is 8.41. The van der Waals surface area contributed by atoms with E-state index in [2.05, 4.69) is 135 Å². The maximum Gasteiger partial charge on any atom is -0.000466 e. The topological polar surface area (TPSA) is 0 Å². The van der Waals surface area contributed by atoms with Crippen molar-refractivity contribution < 1.29 is 0 Å². The summed E-state index contributed by atoms with van der Waals surface area (Å²) in [5.41, 5.74) is 8.41. The summed E-state index contributed by atoms with van der Waals surface area (Å²) in [6.45, 7) is 4.51. The summed E-state index contributed by atoms with van der Waals surface area (Å²) in [6.07, 6.45) is 1.84. The fourth-order valence-electron chi connectivity index (χ4n) is 6.40. The summed E-state index contributed by atoms with van der Waals surface area (Å²) in [6, 6.07) is 44.8. The van der Waals surface area contributed by atoms with E-state index in [0.717, 1.165) is 12.8 Å². The molecule has 0 heterocycles. The summed E-state index contributed by atoms with van der Waals surface area (Å²) in [5, 5.41) is 10.8. The first-order valence-electron chi connectivity index (χ1n) is 13.5. The van der Waals surface area contributed by atoms with E-state index in [-0.39, 0.29) is 0 Å². The van der Waals surface area contributed by atoms with E-state index in [4.69, 9.17) is 0 Å². The zero-order chi connectivity index (χ0) is 25.6. The molecule has 0 aliphatic heterocycles.